The SMILES string of the molecule is OC(Cc1ccc(I)cc1)C1CCCc2sccc21. The fourth-order valence-corrected chi connectivity index (χ4v) is 4.28. The van der Waals surface area contributed by atoms with Crippen LogP contribution in [0, 0.1) is 3.57 Å². The number of hydrogen-bond acceptors (Lipinski definition) is 2. The van der Waals surface area contributed by atoms with Gasteiger partial charge in [-0.05, 0) is 83.0 Å². The van der Waals surface area contributed by atoms with E-state index < -0.39 is 0 Å². The Hall–Kier alpha value is -0.390. The molecule has 0 radical (unpaired) electrons. The number of halogens is 1. The lowest BCUT2D eigenvalue weighted by molar-refractivity contribution is 0.135. The summed E-state index contributed by atoms with van der Waals surface area (Å²) in [5.41, 5.74) is 2.63. The highest BCUT2D eigenvalue weighted by molar-refractivity contribution is 14.1. The van der Waals surface area contributed by atoms with Gasteiger partial charge >= 0.3 is 0 Å². The van der Waals surface area contributed by atoms with Gasteiger partial charge in [-0.2, -0.15) is 0 Å². The van der Waals surface area contributed by atoms with Gasteiger partial charge < -0.3 is 5.11 Å². The van der Waals surface area contributed by atoms with Crippen LogP contribution in [0.2, 0.25) is 0 Å². The van der Waals surface area contributed by atoms with E-state index in [2.05, 4.69) is 58.3 Å². The minimum Gasteiger partial charge on any atom is -0.392 e. The van der Waals surface area contributed by atoms with E-state index in [1.807, 2.05) is 11.3 Å². The molecule has 1 aliphatic rings. The molecule has 0 spiro atoms. The van der Waals surface area contributed by atoms with Crippen LogP contribution in [0.1, 0.15) is 34.8 Å². The van der Waals surface area contributed by atoms with Gasteiger partial charge in [-0.15, -0.1) is 11.3 Å². The predicted octanol–water partition coefficient (Wildman–Crippen LogP) is 4.38. The molecule has 0 amide bonds. The highest BCUT2D eigenvalue weighted by Crippen LogP contribution is 2.37. The Morgan fingerprint density at radius 1 is 1.26 bits per heavy atom. The molecule has 1 heterocycles. The van der Waals surface area contributed by atoms with Crippen LogP contribution < -0.4 is 0 Å². The molecule has 100 valence electrons. The Morgan fingerprint density at radius 2 is 2.05 bits per heavy atom. The largest absolute Gasteiger partial charge is 0.392 e. The zero-order valence-corrected chi connectivity index (χ0v) is 13.7. The van der Waals surface area contributed by atoms with Crippen molar-refractivity contribution in [3.05, 3.63) is 55.3 Å². The van der Waals surface area contributed by atoms with E-state index in [0.717, 1.165) is 12.8 Å². The smallest absolute Gasteiger partial charge is 0.0649 e. The van der Waals surface area contributed by atoms with E-state index in [9.17, 15) is 5.11 Å². The second-order valence-electron chi connectivity index (χ2n) is 5.20. The molecule has 0 aliphatic heterocycles. The molecular formula is C16H17IOS. The van der Waals surface area contributed by atoms with Crippen molar-refractivity contribution in [3.8, 4) is 0 Å². The Balaban J connectivity index is 1.75. The predicted molar refractivity (Wildman–Crippen MR) is 88.9 cm³/mol. The first-order valence-corrected chi connectivity index (χ1v) is 8.68. The second-order valence-corrected chi connectivity index (χ2v) is 7.44. The highest BCUT2D eigenvalue weighted by Gasteiger charge is 2.27. The summed E-state index contributed by atoms with van der Waals surface area (Å²) in [6, 6.07) is 10.7. The molecule has 3 heteroatoms. The first-order chi connectivity index (χ1) is 9.24. The number of hydrogen-bond donors (Lipinski definition) is 1. The van der Waals surface area contributed by atoms with Crippen LogP contribution in [-0.4, -0.2) is 11.2 Å². The summed E-state index contributed by atoms with van der Waals surface area (Å²) in [4.78, 5) is 1.48. The van der Waals surface area contributed by atoms with Gasteiger partial charge in [-0.1, -0.05) is 12.1 Å². The quantitative estimate of drug-likeness (QED) is 0.779. The van der Waals surface area contributed by atoms with Gasteiger partial charge in [0.1, 0.15) is 0 Å². The van der Waals surface area contributed by atoms with E-state index in [-0.39, 0.29) is 6.10 Å². The first-order valence-electron chi connectivity index (χ1n) is 6.73. The zero-order valence-electron chi connectivity index (χ0n) is 10.7. The molecule has 1 aromatic heterocycles. The summed E-state index contributed by atoms with van der Waals surface area (Å²) >= 11 is 4.15. The number of thiophene rings is 1. The molecule has 0 saturated heterocycles. The Bertz CT molecular complexity index is 546. The van der Waals surface area contributed by atoms with E-state index in [1.165, 1.54) is 32.4 Å². The number of benzene rings is 1. The van der Waals surface area contributed by atoms with Gasteiger partial charge in [0.25, 0.3) is 0 Å². The lowest BCUT2D eigenvalue weighted by Gasteiger charge is -2.27. The van der Waals surface area contributed by atoms with Crippen LogP contribution >= 0.6 is 33.9 Å². The maximum Gasteiger partial charge on any atom is 0.0649 e. The molecule has 1 N–H and O–H groups in total. The van der Waals surface area contributed by atoms with Crippen LogP contribution in [0.15, 0.2) is 35.7 Å². The Labute approximate surface area is 131 Å². The minimum absolute atomic E-state index is 0.256. The van der Waals surface area contributed by atoms with Crippen molar-refractivity contribution in [3.63, 3.8) is 0 Å². The van der Waals surface area contributed by atoms with Gasteiger partial charge in [0.05, 0.1) is 6.10 Å². The van der Waals surface area contributed by atoms with E-state index in [1.54, 1.807) is 0 Å². The van der Waals surface area contributed by atoms with Crippen LogP contribution in [-0.2, 0) is 12.8 Å². The first kappa shape index (κ1) is 13.6. The maximum absolute atomic E-state index is 10.6. The monoisotopic (exact) mass is 384 g/mol. The fraction of sp³-hybridized carbons (Fsp3) is 0.375. The van der Waals surface area contributed by atoms with E-state index in [4.69, 9.17) is 0 Å². The molecule has 2 unspecified atom stereocenters. The summed E-state index contributed by atoms with van der Waals surface area (Å²) in [5, 5.41) is 12.7. The number of aryl methyl sites for hydroxylation is 1. The van der Waals surface area contributed by atoms with Gasteiger partial charge in [0.15, 0.2) is 0 Å². The fourth-order valence-electron chi connectivity index (χ4n) is 2.93. The second kappa shape index (κ2) is 5.94. The normalized spacial score (nSPS) is 20.0. The molecule has 0 saturated carbocycles. The average molecular weight is 384 g/mol. The third kappa shape index (κ3) is 3.03. The third-order valence-corrected chi connectivity index (χ3v) is 5.64. The molecule has 0 fully saturated rings. The Morgan fingerprint density at radius 3 is 2.84 bits per heavy atom. The lowest BCUT2D eigenvalue weighted by atomic mass is 9.82. The van der Waals surface area contributed by atoms with Crippen molar-refractivity contribution >= 4 is 33.9 Å². The van der Waals surface area contributed by atoms with Crippen LogP contribution in [0.4, 0.5) is 0 Å². The van der Waals surface area contributed by atoms with Crippen molar-refractivity contribution in [2.45, 2.75) is 37.7 Å². The molecule has 3 rings (SSSR count). The van der Waals surface area contributed by atoms with Crippen molar-refractivity contribution < 1.29 is 5.11 Å². The van der Waals surface area contributed by atoms with Gasteiger partial charge in [-0.3, -0.25) is 0 Å². The van der Waals surface area contributed by atoms with E-state index >= 15 is 0 Å². The topological polar surface area (TPSA) is 20.2 Å². The number of fused-ring (bicyclic) bond motifs is 1. The minimum atomic E-state index is -0.256. The zero-order chi connectivity index (χ0) is 13.2. The van der Waals surface area contributed by atoms with Crippen molar-refractivity contribution in [2.24, 2.45) is 0 Å². The van der Waals surface area contributed by atoms with Crippen molar-refractivity contribution in [1.29, 1.82) is 0 Å². The van der Waals surface area contributed by atoms with Crippen LogP contribution in [0.25, 0.3) is 0 Å². The van der Waals surface area contributed by atoms with Crippen molar-refractivity contribution in [1.82, 2.24) is 0 Å². The average Bonchev–Trinajstić information content (AvgIpc) is 2.89. The van der Waals surface area contributed by atoms with Gasteiger partial charge in [0.2, 0.25) is 0 Å². The van der Waals surface area contributed by atoms with E-state index in [0.29, 0.717) is 5.92 Å². The molecule has 2 aromatic rings. The highest BCUT2D eigenvalue weighted by atomic mass is 127. The number of aliphatic hydroxyl groups excluding tert-OH is 1. The van der Waals surface area contributed by atoms with Gasteiger partial charge in [0, 0.05) is 14.4 Å². The summed E-state index contributed by atoms with van der Waals surface area (Å²) in [7, 11) is 0. The van der Waals surface area contributed by atoms with Crippen molar-refractivity contribution in [2.75, 3.05) is 0 Å². The van der Waals surface area contributed by atoms with Crippen LogP contribution in [0.5, 0.6) is 0 Å². The van der Waals surface area contributed by atoms with Crippen LogP contribution in [0.3, 0.4) is 0 Å². The molecule has 2 atom stereocenters. The summed E-state index contributed by atoms with van der Waals surface area (Å²) < 4.78 is 1.24. The summed E-state index contributed by atoms with van der Waals surface area (Å²) in [6.45, 7) is 0. The number of rotatable bonds is 3. The standard InChI is InChI=1S/C16H17IOS/c17-12-6-4-11(5-7-12)10-15(18)13-2-1-3-16-14(13)8-9-19-16/h4-9,13,15,18H,1-3,10H2. The molecule has 1 aromatic carbocycles. The lowest BCUT2D eigenvalue weighted by Crippen LogP contribution is -2.24. The third-order valence-electron chi connectivity index (χ3n) is 3.92. The molecular weight excluding hydrogens is 367 g/mol. The summed E-state index contributed by atoms with van der Waals surface area (Å²) in [6.07, 6.45) is 4.03. The van der Waals surface area contributed by atoms with Gasteiger partial charge in [-0.25, -0.2) is 0 Å². The number of aliphatic hydroxyl groups is 1. The molecule has 0 bridgehead atoms. The molecule has 19 heavy (non-hydrogen) atoms. The maximum atomic E-state index is 10.6. The summed E-state index contributed by atoms with van der Waals surface area (Å²) in [5.74, 6) is 0.328. The molecule has 1 aliphatic carbocycles. The molecule has 1 nitrogen and oxygen atoms in total. The Kier molecular flexibility index (Phi) is 4.24.